The highest BCUT2D eigenvalue weighted by Gasteiger charge is 2.13. The van der Waals surface area contributed by atoms with Crippen molar-refractivity contribution in [2.45, 2.75) is 19.4 Å². The minimum Gasteiger partial charge on any atom is -0.481 e. The first-order valence-electron chi connectivity index (χ1n) is 6.48. The van der Waals surface area contributed by atoms with Crippen LogP contribution in [0.3, 0.4) is 0 Å². The summed E-state index contributed by atoms with van der Waals surface area (Å²) in [4.78, 5) is 10.9. The lowest BCUT2D eigenvalue weighted by Crippen LogP contribution is -2.07. The van der Waals surface area contributed by atoms with Gasteiger partial charge in [0.05, 0.1) is 11.6 Å². The second kappa shape index (κ2) is 6.35. The minimum absolute atomic E-state index is 0.0954. The minimum atomic E-state index is -0.909. The smallest absolute Gasteiger partial charge is 0.310 e. The first-order chi connectivity index (χ1) is 9.99. The van der Waals surface area contributed by atoms with Gasteiger partial charge in [-0.25, -0.2) is 8.78 Å². The molecule has 1 atom stereocenters. The molecule has 0 aliphatic heterocycles. The Bertz CT molecular complexity index is 641. The van der Waals surface area contributed by atoms with Gasteiger partial charge < -0.3 is 10.4 Å². The molecule has 0 radical (unpaired) electrons. The zero-order valence-electron chi connectivity index (χ0n) is 11.4. The number of hydrogen-bond acceptors (Lipinski definition) is 2. The van der Waals surface area contributed by atoms with Crippen LogP contribution in [0.5, 0.6) is 0 Å². The fourth-order valence-electron chi connectivity index (χ4n) is 1.90. The summed E-state index contributed by atoms with van der Waals surface area (Å²) in [6, 6.07) is 10.9. The van der Waals surface area contributed by atoms with Gasteiger partial charge in [-0.2, -0.15) is 0 Å². The number of rotatable bonds is 5. The number of carboxylic acid groups (broad SMARTS) is 1. The highest BCUT2D eigenvalue weighted by atomic mass is 19.2. The summed E-state index contributed by atoms with van der Waals surface area (Å²) in [5, 5.41) is 11.7. The van der Waals surface area contributed by atoms with Crippen molar-refractivity contribution in [2.24, 2.45) is 0 Å². The van der Waals surface area contributed by atoms with Gasteiger partial charge in [-0.3, -0.25) is 4.79 Å². The first kappa shape index (κ1) is 15.0. The third kappa shape index (κ3) is 3.56. The number of carboxylic acids is 1. The molecule has 0 aliphatic carbocycles. The van der Waals surface area contributed by atoms with Crippen LogP contribution in [-0.4, -0.2) is 11.1 Å². The van der Waals surface area contributed by atoms with Crippen molar-refractivity contribution in [1.82, 2.24) is 0 Å². The highest BCUT2D eigenvalue weighted by molar-refractivity contribution is 5.75. The molecule has 2 aromatic carbocycles. The molecule has 5 heteroatoms. The molecule has 0 saturated carbocycles. The Morgan fingerprint density at radius 2 is 1.86 bits per heavy atom. The Kier molecular flexibility index (Phi) is 4.52. The molecular weight excluding hydrogens is 276 g/mol. The average molecular weight is 291 g/mol. The van der Waals surface area contributed by atoms with Crippen LogP contribution in [0.2, 0.25) is 0 Å². The van der Waals surface area contributed by atoms with Gasteiger partial charge in [-0.05, 0) is 30.2 Å². The molecular formula is C16H15F2NO2. The second-order valence-electron chi connectivity index (χ2n) is 4.76. The largest absolute Gasteiger partial charge is 0.481 e. The topological polar surface area (TPSA) is 49.3 Å². The van der Waals surface area contributed by atoms with Gasteiger partial charge in [0.1, 0.15) is 0 Å². The first-order valence-corrected chi connectivity index (χ1v) is 6.48. The molecule has 0 spiro atoms. The normalized spacial score (nSPS) is 12.0. The standard InChI is InChI=1S/C16H15F2NO2/c1-10(16(20)21)12-7-5-11(6-8-12)9-19-14-4-2-3-13(17)15(14)18/h2-8,10,19H,9H2,1H3,(H,20,21). The van der Waals surface area contributed by atoms with E-state index in [0.29, 0.717) is 12.1 Å². The number of carbonyl (C=O) groups is 1. The van der Waals surface area contributed by atoms with Crippen LogP contribution >= 0.6 is 0 Å². The van der Waals surface area contributed by atoms with Crippen molar-refractivity contribution in [3.63, 3.8) is 0 Å². The third-order valence-corrected chi connectivity index (χ3v) is 3.28. The van der Waals surface area contributed by atoms with E-state index in [9.17, 15) is 13.6 Å². The molecule has 2 aromatic rings. The van der Waals surface area contributed by atoms with E-state index in [0.717, 1.165) is 11.6 Å². The summed E-state index contributed by atoms with van der Waals surface area (Å²) in [5.74, 6) is -3.27. The Labute approximate surface area is 121 Å². The van der Waals surface area contributed by atoms with Gasteiger partial charge in [0, 0.05) is 6.54 Å². The van der Waals surface area contributed by atoms with E-state index in [1.807, 2.05) is 0 Å². The lowest BCUT2D eigenvalue weighted by Gasteiger charge is -2.10. The summed E-state index contributed by atoms with van der Waals surface area (Å²) in [5.41, 5.74) is 1.64. The van der Waals surface area contributed by atoms with Crippen LogP contribution in [0.15, 0.2) is 42.5 Å². The number of halogens is 2. The maximum absolute atomic E-state index is 13.5. The molecule has 0 fully saturated rings. The number of anilines is 1. The molecule has 0 heterocycles. The Morgan fingerprint density at radius 1 is 1.19 bits per heavy atom. The van der Waals surface area contributed by atoms with Crippen LogP contribution in [0.1, 0.15) is 24.0 Å². The van der Waals surface area contributed by atoms with Crippen molar-refractivity contribution in [3.05, 3.63) is 65.2 Å². The lowest BCUT2D eigenvalue weighted by molar-refractivity contribution is -0.138. The van der Waals surface area contributed by atoms with E-state index in [2.05, 4.69) is 5.32 Å². The fourth-order valence-corrected chi connectivity index (χ4v) is 1.90. The molecule has 110 valence electrons. The molecule has 0 saturated heterocycles. The van der Waals surface area contributed by atoms with Gasteiger partial charge in [-0.15, -0.1) is 0 Å². The predicted molar refractivity (Wildman–Crippen MR) is 76.2 cm³/mol. The molecule has 3 nitrogen and oxygen atoms in total. The maximum atomic E-state index is 13.5. The molecule has 0 aliphatic rings. The Morgan fingerprint density at radius 3 is 2.48 bits per heavy atom. The molecule has 21 heavy (non-hydrogen) atoms. The van der Waals surface area contributed by atoms with Gasteiger partial charge in [0.2, 0.25) is 0 Å². The lowest BCUT2D eigenvalue weighted by atomic mass is 10.00. The van der Waals surface area contributed by atoms with Crippen LogP contribution in [-0.2, 0) is 11.3 Å². The van der Waals surface area contributed by atoms with Crippen molar-refractivity contribution in [3.8, 4) is 0 Å². The van der Waals surface area contributed by atoms with Crippen LogP contribution in [0.25, 0.3) is 0 Å². The van der Waals surface area contributed by atoms with Gasteiger partial charge in [0.15, 0.2) is 11.6 Å². The van der Waals surface area contributed by atoms with Gasteiger partial charge >= 0.3 is 5.97 Å². The van der Waals surface area contributed by atoms with Gasteiger partial charge in [-0.1, -0.05) is 30.3 Å². The molecule has 2 rings (SSSR count). The van der Waals surface area contributed by atoms with Crippen molar-refractivity contribution < 1.29 is 18.7 Å². The zero-order chi connectivity index (χ0) is 15.4. The molecule has 2 N–H and O–H groups in total. The second-order valence-corrected chi connectivity index (χ2v) is 4.76. The average Bonchev–Trinajstić information content (AvgIpc) is 2.48. The van der Waals surface area contributed by atoms with E-state index in [1.165, 1.54) is 12.1 Å². The molecule has 0 aromatic heterocycles. The van der Waals surface area contributed by atoms with Crippen LogP contribution in [0.4, 0.5) is 14.5 Å². The quantitative estimate of drug-likeness (QED) is 0.881. The maximum Gasteiger partial charge on any atom is 0.310 e. The summed E-state index contributed by atoms with van der Waals surface area (Å²) in [6.07, 6.45) is 0. The van der Waals surface area contributed by atoms with Crippen LogP contribution < -0.4 is 5.32 Å². The summed E-state index contributed by atoms with van der Waals surface area (Å²) in [7, 11) is 0. The summed E-state index contributed by atoms with van der Waals surface area (Å²) >= 11 is 0. The van der Waals surface area contributed by atoms with E-state index >= 15 is 0 Å². The number of hydrogen-bond donors (Lipinski definition) is 2. The number of benzene rings is 2. The third-order valence-electron chi connectivity index (χ3n) is 3.28. The van der Waals surface area contributed by atoms with Crippen LogP contribution in [0, 0.1) is 11.6 Å². The highest BCUT2D eigenvalue weighted by Crippen LogP contribution is 2.19. The summed E-state index contributed by atoms with van der Waals surface area (Å²) < 4.78 is 26.5. The van der Waals surface area contributed by atoms with E-state index in [-0.39, 0.29) is 5.69 Å². The predicted octanol–water partition coefficient (Wildman–Crippen LogP) is 3.77. The van der Waals surface area contributed by atoms with Crippen molar-refractivity contribution in [1.29, 1.82) is 0 Å². The molecule has 0 bridgehead atoms. The monoisotopic (exact) mass is 291 g/mol. The zero-order valence-corrected chi connectivity index (χ0v) is 11.4. The molecule has 1 unspecified atom stereocenters. The van der Waals surface area contributed by atoms with E-state index in [1.54, 1.807) is 31.2 Å². The Balaban J connectivity index is 2.04. The van der Waals surface area contributed by atoms with E-state index < -0.39 is 23.5 Å². The SMILES string of the molecule is CC(C(=O)O)c1ccc(CNc2cccc(F)c2F)cc1. The van der Waals surface area contributed by atoms with Crippen molar-refractivity contribution in [2.75, 3.05) is 5.32 Å². The van der Waals surface area contributed by atoms with Crippen molar-refractivity contribution >= 4 is 11.7 Å². The van der Waals surface area contributed by atoms with E-state index in [4.69, 9.17) is 5.11 Å². The number of nitrogens with one attached hydrogen (secondary N) is 1. The van der Waals surface area contributed by atoms with Gasteiger partial charge in [0.25, 0.3) is 0 Å². The summed E-state index contributed by atoms with van der Waals surface area (Å²) in [6.45, 7) is 1.93. The molecule has 0 amide bonds. The number of aliphatic carboxylic acids is 1. The fraction of sp³-hybridized carbons (Fsp3) is 0.188. The Hall–Kier alpha value is -2.43.